The number of aromatic nitrogens is 1. The van der Waals surface area contributed by atoms with Crippen molar-refractivity contribution in [2.24, 2.45) is 17.2 Å². The molecule has 0 aliphatic carbocycles. The van der Waals surface area contributed by atoms with Crippen molar-refractivity contribution in [1.82, 2.24) is 14.9 Å². The number of aryl methyl sites for hydroxylation is 1. The number of nitrogens with zero attached hydrogens (tertiary/aromatic N) is 2. The first kappa shape index (κ1) is 23.7. The molecule has 3 rings (SSSR count). The number of H-pyrrole nitrogens is 1. The lowest BCUT2D eigenvalue weighted by atomic mass is 10.1. The Morgan fingerprint density at radius 3 is 2.69 bits per heavy atom. The van der Waals surface area contributed by atoms with Crippen LogP contribution in [-0.2, 0) is 20.8 Å². The molecule has 174 valence electrons. The van der Waals surface area contributed by atoms with Crippen LogP contribution in [0.1, 0.15) is 36.9 Å². The topological polar surface area (TPSA) is 172 Å². The van der Waals surface area contributed by atoms with E-state index in [0.29, 0.717) is 24.4 Å². The minimum absolute atomic E-state index is 0.00556. The Labute approximate surface area is 186 Å². The molecule has 3 atom stereocenters. The maximum absolute atomic E-state index is 13.2. The number of aromatic amines is 1. The quantitative estimate of drug-likeness (QED) is 0.209. The van der Waals surface area contributed by atoms with Crippen molar-refractivity contribution in [3.63, 3.8) is 0 Å². The molecule has 2 heterocycles. The molecule has 1 saturated heterocycles. The number of nitrogens with one attached hydrogen (secondary N) is 1. The highest BCUT2D eigenvalue weighted by molar-refractivity contribution is 5.93. The van der Waals surface area contributed by atoms with Gasteiger partial charge in [0.15, 0.2) is 0 Å². The van der Waals surface area contributed by atoms with Crippen LogP contribution in [0.15, 0.2) is 24.3 Å². The van der Waals surface area contributed by atoms with Crippen LogP contribution >= 0.6 is 0 Å². The molecule has 0 unspecified atom stereocenters. The smallest absolute Gasteiger partial charge is 0.263 e. The highest BCUT2D eigenvalue weighted by Gasteiger charge is 2.42. The third-order valence-electron chi connectivity index (χ3n) is 6.14. The predicted octanol–water partition coefficient (Wildman–Crippen LogP) is 0.148. The number of hydrogen-bond donors (Lipinski definition) is 5. The first-order valence-electron chi connectivity index (χ1n) is 10.9. The van der Waals surface area contributed by atoms with Gasteiger partial charge in [0.1, 0.15) is 6.04 Å². The van der Waals surface area contributed by atoms with Gasteiger partial charge in [-0.05, 0) is 37.9 Å². The molecule has 0 saturated carbocycles. The van der Waals surface area contributed by atoms with Gasteiger partial charge in [-0.3, -0.25) is 19.6 Å². The van der Waals surface area contributed by atoms with Gasteiger partial charge >= 0.3 is 0 Å². The van der Waals surface area contributed by atoms with E-state index in [1.165, 1.54) is 4.90 Å². The van der Waals surface area contributed by atoms with Gasteiger partial charge in [0.05, 0.1) is 18.5 Å². The number of rotatable bonds is 9. The standard InChI is InChI=1S/C22H32N6O4/c1-13-16(15-6-2-3-8-18(15)26-13)11-20(29)27-12-14(10-19(27)21(25)30)28(32)22(31)17(24)7-4-5-9-23/h2-3,6,8,14,17,19,26,32H,4-5,7,9-12,23-24H2,1H3,(H2,25,30)/t14-,17-,19-/m0/s1. The lowest BCUT2D eigenvalue weighted by Gasteiger charge is -2.25. The molecule has 0 radical (unpaired) electrons. The molecular formula is C22H32N6O4. The number of fused-ring (bicyclic) bond motifs is 1. The van der Waals surface area contributed by atoms with Crippen molar-refractivity contribution in [3.8, 4) is 0 Å². The van der Waals surface area contributed by atoms with Crippen LogP contribution in [-0.4, -0.2) is 69.1 Å². The molecule has 32 heavy (non-hydrogen) atoms. The second kappa shape index (κ2) is 10.1. The summed E-state index contributed by atoms with van der Waals surface area (Å²) in [5.41, 5.74) is 19.5. The molecule has 8 N–H and O–H groups in total. The van der Waals surface area contributed by atoms with Gasteiger partial charge in [0.2, 0.25) is 11.8 Å². The summed E-state index contributed by atoms with van der Waals surface area (Å²) in [6, 6.07) is 5.12. The van der Waals surface area contributed by atoms with Gasteiger partial charge in [-0.15, -0.1) is 0 Å². The molecule has 1 aromatic heterocycles. The number of unbranched alkanes of at least 4 members (excludes halogenated alkanes) is 1. The maximum atomic E-state index is 13.2. The maximum Gasteiger partial charge on any atom is 0.263 e. The average molecular weight is 445 g/mol. The molecular weight excluding hydrogens is 412 g/mol. The van der Waals surface area contributed by atoms with E-state index in [0.717, 1.165) is 28.6 Å². The van der Waals surface area contributed by atoms with Crippen molar-refractivity contribution in [2.45, 2.75) is 57.2 Å². The van der Waals surface area contributed by atoms with Crippen LogP contribution in [0, 0.1) is 6.92 Å². The van der Waals surface area contributed by atoms with E-state index in [9.17, 15) is 19.6 Å². The molecule has 10 nitrogen and oxygen atoms in total. The minimum Gasteiger partial charge on any atom is -0.368 e. The Bertz CT molecular complexity index is 990. The Hall–Kier alpha value is -2.95. The molecule has 10 heteroatoms. The van der Waals surface area contributed by atoms with Crippen LogP contribution in [0.2, 0.25) is 0 Å². The first-order chi connectivity index (χ1) is 15.2. The van der Waals surface area contributed by atoms with Crippen molar-refractivity contribution in [3.05, 3.63) is 35.5 Å². The van der Waals surface area contributed by atoms with E-state index in [2.05, 4.69) is 4.98 Å². The summed E-state index contributed by atoms with van der Waals surface area (Å²) in [7, 11) is 0. The van der Waals surface area contributed by atoms with E-state index in [-0.39, 0.29) is 25.3 Å². The number of hydrogen-bond acceptors (Lipinski definition) is 6. The number of hydroxylamine groups is 2. The Morgan fingerprint density at radius 1 is 1.28 bits per heavy atom. The lowest BCUT2D eigenvalue weighted by Crippen LogP contribution is -2.48. The molecule has 1 aliphatic heterocycles. The SMILES string of the molecule is Cc1[nH]c2ccccc2c1CC(=O)N1C[C@@H](N(O)C(=O)[C@@H](N)CCCCN)C[C@H]1C(N)=O. The second-order valence-corrected chi connectivity index (χ2v) is 8.38. The third kappa shape index (κ3) is 4.93. The van der Waals surface area contributed by atoms with Crippen LogP contribution in [0.25, 0.3) is 10.9 Å². The van der Waals surface area contributed by atoms with Crippen molar-refractivity contribution < 1.29 is 19.6 Å². The summed E-state index contributed by atoms with van der Waals surface area (Å²) in [6.45, 7) is 2.40. The number of para-hydroxylation sites is 1. The van der Waals surface area contributed by atoms with Gasteiger partial charge in [0.25, 0.3) is 5.91 Å². The Balaban J connectivity index is 1.72. The zero-order chi connectivity index (χ0) is 23.4. The normalized spacial score (nSPS) is 19.3. The number of nitrogens with two attached hydrogens (primary N) is 3. The van der Waals surface area contributed by atoms with Crippen LogP contribution in [0.5, 0.6) is 0 Å². The van der Waals surface area contributed by atoms with E-state index >= 15 is 0 Å². The number of carbonyl (C=O) groups is 3. The second-order valence-electron chi connectivity index (χ2n) is 8.38. The Kier molecular flexibility index (Phi) is 7.49. The Morgan fingerprint density at radius 2 is 2.00 bits per heavy atom. The molecule has 0 bridgehead atoms. The molecule has 1 aliphatic rings. The van der Waals surface area contributed by atoms with E-state index in [1.807, 2.05) is 31.2 Å². The summed E-state index contributed by atoms with van der Waals surface area (Å²) in [5.74, 6) is -1.61. The van der Waals surface area contributed by atoms with Gasteiger partial charge in [-0.2, -0.15) is 0 Å². The summed E-state index contributed by atoms with van der Waals surface area (Å²) < 4.78 is 0. The number of amides is 3. The molecule has 1 fully saturated rings. The van der Waals surface area contributed by atoms with Crippen LogP contribution < -0.4 is 17.2 Å². The lowest BCUT2D eigenvalue weighted by molar-refractivity contribution is -0.176. The van der Waals surface area contributed by atoms with Crippen molar-refractivity contribution >= 4 is 28.6 Å². The van der Waals surface area contributed by atoms with E-state index in [1.54, 1.807) is 0 Å². The molecule has 2 aromatic rings. The van der Waals surface area contributed by atoms with Gasteiger partial charge in [-0.1, -0.05) is 24.6 Å². The fourth-order valence-electron chi connectivity index (χ4n) is 4.33. The number of carbonyl (C=O) groups excluding carboxylic acids is 3. The summed E-state index contributed by atoms with van der Waals surface area (Å²) >= 11 is 0. The third-order valence-corrected chi connectivity index (χ3v) is 6.14. The number of benzene rings is 1. The van der Waals surface area contributed by atoms with Gasteiger partial charge in [0, 0.05) is 29.6 Å². The molecule has 3 amide bonds. The highest BCUT2D eigenvalue weighted by atomic mass is 16.5. The fraction of sp³-hybridized carbons (Fsp3) is 0.500. The van der Waals surface area contributed by atoms with Crippen molar-refractivity contribution in [1.29, 1.82) is 0 Å². The molecule has 0 spiro atoms. The van der Waals surface area contributed by atoms with Crippen molar-refractivity contribution in [2.75, 3.05) is 13.1 Å². The van der Waals surface area contributed by atoms with Crippen LogP contribution in [0.4, 0.5) is 0 Å². The average Bonchev–Trinajstić information content (AvgIpc) is 3.35. The number of likely N-dealkylation sites (tertiary alicyclic amines) is 1. The summed E-state index contributed by atoms with van der Waals surface area (Å²) in [6.07, 6.45) is 1.92. The van der Waals surface area contributed by atoms with E-state index in [4.69, 9.17) is 17.2 Å². The summed E-state index contributed by atoms with van der Waals surface area (Å²) in [5, 5.41) is 12.0. The monoisotopic (exact) mass is 444 g/mol. The molecule has 1 aromatic carbocycles. The predicted molar refractivity (Wildman–Crippen MR) is 119 cm³/mol. The largest absolute Gasteiger partial charge is 0.368 e. The zero-order valence-electron chi connectivity index (χ0n) is 18.3. The van der Waals surface area contributed by atoms with Crippen LogP contribution in [0.3, 0.4) is 0 Å². The minimum atomic E-state index is -0.908. The number of primary amides is 1. The zero-order valence-corrected chi connectivity index (χ0v) is 18.3. The van der Waals surface area contributed by atoms with E-state index < -0.39 is 29.9 Å². The fourth-order valence-corrected chi connectivity index (χ4v) is 4.33. The van der Waals surface area contributed by atoms with Gasteiger partial charge in [-0.25, -0.2) is 5.06 Å². The highest BCUT2D eigenvalue weighted by Crippen LogP contribution is 2.26. The first-order valence-corrected chi connectivity index (χ1v) is 10.9. The summed E-state index contributed by atoms with van der Waals surface area (Å²) in [4.78, 5) is 42.3. The van der Waals surface area contributed by atoms with Gasteiger partial charge < -0.3 is 27.1 Å².